The van der Waals surface area contributed by atoms with Gasteiger partial charge in [-0.2, -0.15) is 0 Å². The average molecular weight is 389 g/mol. The van der Waals surface area contributed by atoms with Crippen LogP contribution in [0, 0.1) is 6.92 Å². The molecule has 6 heteroatoms. The summed E-state index contributed by atoms with van der Waals surface area (Å²) in [5.41, 5.74) is 3.47. The third-order valence-electron chi connectivity index (χ3n) is 3.72. The molecule has 0 aliphatic carbocycles. The van der Waals surface area contributed by atoms with Crippen molar-refractivity contribution in [1.82, 2.24) is 4.98 Å². The monoisotopic (exact) mass is 388 g/mol. The predicted octanol–water partition coefficient (Wildman–Crippen LogP) is 2.55. The van der Waals surface area contributed by atoms with Crippen molar-refractivity contribution < 1.29 is 14.1 Å². The van der Waals surface area contributed by atoms with Crippen LogP contribution in [0.15, 0.2) is 51.4 Å². The Morgan fingerprint density at radius 3 is 2.83 bits per heavy atom. The first-order valence-electron chi connectivity index (χ1n) is 7.73. The normalized spacial score (nSPS) is 12.3. The molecule has 0 saturated heterocycles. The van der Waals surface area contributed by atoms with Crippen LogP contribution in [0.1, 0.15) is 11.5 Å². The molecule has 1 atom stereocenters. The van der Waals surface area contributed by atoms with E-state index >= 15 is 0 Å². The molecule has 0 spiro atoms. The standard InChI is InChI=1S/C18H18BrN3O2/c1-12-9-13(19)7-8-14(12)20-17(23)10-22(2)11-18-21-15-5-3-4-6-16(15)24-18/h3-9H,10-11H2,1-2H3,(H,20,23)/p+1. The molecular formula is C18H19BrN3O2+. The van der Waals surface area contributed by atoms with Crippen LogP contribution in [0.25, 0.3) is 11.1 Å². The van der Waals surface area contributed by atoms with Crippen LogP contribution in [0.2, 0.25) is 0 Å². The first-order valence-corrected chi connectivity index (χ1v) is 8.52. The lowest BCUT2D eigenvalue weighted by molar-refractivity contribution is -0.886. The number of benzene rings is 2. The van der Waals surface area contributed by atoms with E-state index in [2.05, 4.69) is 26.2 Å². The van der Waals surface area contributed by atoms with Crippen LogP contribution < -0.4 is 10.2 Å². The number of nitrogens with zero attached hydrogens (tertiary/aromatic N) is 1. The van der Waals surface area contributed by atoms with Crippen molar-refractivity contribution in [3.63, 3.8) is 0 Å². The number of para-hydroxylation sites is 2. The fourth-order valence-electron chi connectivity index (χ4n) is 2.55. The minimum Gasteiger partial charge on any atom is -0.435 e. The van der Waals surface area contributed by atoms with Crippen molar-refractivity contribution in [3.8, 4) is 0 Å². The molecule has 5 nitrogen and oxygen atoms in total. The molecule has 2 N–H and O–H groups in total. The maximum Gasteiger partial charge on any atom is 0.279 e. The van der Waals surface area contributed by atoms with Gasteiger partial charge in [-0.25, -0.2) is 4.98 Å². The van der Waals surface area contributed by atoms with Gasteiger partial charge in [0, 0.05) is 10.2 Å². The van der Waals surface area contributed by atoms with E-state index < -0.39 is 0 Å². The molecule has 1 amide bonds. The fraction of sp³-hybridized carbons (Fsp3) is 0.222. The maximum absolute atomic E-state index is 12.2. The van der Waals surface area contributed by atoms with Gasteiger partial charge >= 0.3 is 0 Å². The Hall–Kier alpha value is -2.18. The Morgan fingerprint density at radius 2 is 2.08 bits per heavy atom. The summed E-state index contributed by atoms with van der Waals surface area (Å²) in [7, 11) is 1.95. The maximum atomic E-state index is 12.2. The highest BCUT2D eigenvalue weighted by atomic mass is 79.9. The summed E-state index contributed by atoms with van der Waals surface area (Å²) in [6.45, 7) is 2.87. The number of halogens is 1. The molecule has 1 unspecified atom stereocenters. The predicted molar refractivity (Wildman–Crippen MR) is 97.0 cm³/mol. The number of rotatable bonds is 5. The summed E-state index contributed by atoms with van der Waals surface area (Å²) in [6, 6.07) is 13.4. The Morgan fingerprint density at radius 1 is 1.29 bits per heavy atom. The molecule has 24 heavy (non-hydrogen) atoms. The summed E-state index contributed by atoms with van der Waals surface area (Å²) in [5.74, 6) is 0.607. The second kappa shape index (κ2) is 7.15. The number of nitrogens with one attached hydrogen (secondary N) is 2. The Kier molecular flexibility index (Phi) is 4.97. The first kappa shape index (κ1) is 16.7. The molecule has 0 fully saturated rings. The molecule has 1 aromatic heterocycles. The number of likely N-dealkylation sites (N-methyl/N-ethyl adjacent to an activating group) is 1. The zero-order valence-electron chi connectivity index (χ0n) is 13.6. The summed E-state index contributed by atoms with van der Waals surface area (Å²) < 4.78 is 6.70. The van der Waals surface area contributed by atoms with Crippen molar-refractivity contribution in [1.29, 1.82) is 0 Å². The van der Waals surface area contributed by atoms with Gasteiger partial charge in [-0.1, -0.05) is 28.1 Å². The number of aromatic nitrogens is 1. The van der Waals surface area contributed by atoms with Crippen molar-refractivity contribution in [2.24, 2.45) is 0 Å². The first-order chi connectivity index (χ1) is 11.5. The summed E-state index contributed by atoms with van der Waals surface area (Å²) in [4.78, 5) is 17.7. The van der Waals surface area contributed by atoms with Crippen LogP contribution in [0.3, 0.4) is 0 Å². The molecule has 124 valence electrons. The second-order valence-corrected chi connectivity index (χ2v) is 6.81. The number of anilines is 1. The van der Waals surface area contributed by atoms with E-state index in [0.717, 1.165) is 31.7 Å². The lowest BCUT2D eigenvalue weighted by Gasteiger charge is -2.13. The minimum absolute atomic E-state index is 0.0333. The fourth-order valence-corrected chi connectivity index (χ4v) is 3.03. The Labute approximate surface area is 148 Å². The van der Waals surface area contributed by atoms with Crippen LogP contribution in [0.5, 0.6) is 0 Å². The van der Waals surface area contributed by atoms with E-state index in [0.29, 0.717) is 19.0 Å². The highest BCUT2D eigenvalue weighted by Crippen LogP contribution is 2.19. The van der Waals surface area contributed by atoms with Gasteiger partial charge in [0.15, 0.2) is 18.7 Å². The SMILES string of the molecule is Cc1cc(Br)ccc1NC(=O)C[NH+](C)Cc1nc2ccccc2o1. The molecule has 0 aliphatic heterocycles. The van der Waals surface area contributed by atoms with Crippen molar-refractivity contribution in [2.45, 2.75) is 13.5 Å². The van der Waals surface area contributed by atoms with E-state index in [-0.39, 0.29) is 5.91 Å². The van der Waals surface area contributed by atoms with Gasteiger partial charge in [0.25, 0.3) is 11.8 Å². The number of aryl methyl sites for hydroxylation is 1. The molecule has 0 saturated carbocycles. The van der Waals surface area contributed by atoms with Gasteiger partial charge in [0.2, 0.25) is 0 Å². The van der Waals surface area contributed by atoms with Gasteiger partial charge in [0.1, 0.15) is 5.52 Å². The Balaban J connectivity index is 1.59. The van der Waals surface area contributed by atoms with Crippen molar-refractivity contribution in [3.05, 3.63) is 58.4 Å². The molecule has 0 radical (unpaired) electrons. The quantitative estimate of drug-likeness (QED) is 0.705. The van der Waals surface area contributed by atoms with Gasteiger partial charge < -0.3 is 14.6 Å². The molecule has 2 aromatic carbocycles. The van der Waals surface area contributed by atoms with E-state index in [4.69, 9.17) is 4.42 Å². The second-order valence-electron chi connectivity index (χ2n) is 5.89. The van der Waals surface area contributed by atoms with Crippen LogP contribution >= 0.6 is 15.9 Å². The molecular weight excluding hydrogens is 370 g/mol. The zero-order valence-corrected chi connectivity index (χ0v) is 15.2. The average Bonchev–Trinajstić information content (AvgIpc) is 2.91. The van der Waals surface area contributed by atoms with E-state index in [1.807, 2.05) is 56.4 Å². The van der Waals surface area contributed by atoms with E-state index in [1.54, 1.807) is 0 Å². The summed E-state index contributed by atoms with van der Waals surface area (Å²) in [6.07, 6.45) is 0. The van der Waals surface area contributed by atoms with Crippen molar-refractivity contribution >= 4 is 38.6 Å². The number of amides is 1. The largest absolute Gasteiger partial charge is 0.435 e. The molecule has 0 aliphatic rings. The highest BCUT2D eigenvalue weighted by Gasteiger charge is 2.15. The highest BCUT2D eigenvalue weighted by molar-refractivity contribution is 9.10. The number of fused-ring (bicyclic) bond motifs is 1. The third-order valence-corrected chi connectivity index (χ3v) is 4.21. The lowest BCUT2D eigenvalue weighted by Crippen LogP contribution is -3.08. The van der Waals surface area contributed by atoms with E-state index in [9.17, 15) is 4.79 Å². The number of quaternary nitrogens is 1. The van der Waals surface area contributed by atoms with Crippen molar-refractivity contribution in [2.75, 3.05) is 18.9 Å². The topological polar surface area (TPSA) is 59.6 Å². The lowest BCUT2D eigenvalue weighted by atomic mass is 10.2. The summed E-state index contributed by atoms with van der Waals surface area (Å²) >= 11 is 3.42. The molecule has 0 bridgehead atoms. The minimum atomic E-state index is -0.0333. The van der Waals surface area contributed by atoms with Crippen LogP contribution in [-0.2, 0) is 11.3 Å². The van der Waals surface area contributed by atoms with Gasteiger partial charge in [-0.05, 0) is 42.8 Å². The molecule has 3 rings (SSSR count). The number of oxazole rings is 1. The van der Waals surface area contributed by atoms with Crippen LogP contribution in [-0.4, -0.2) is 24.5 Å². The van der Waals surface area contributed by atoms with E-state index in [1.165, 1.54) is 0 Å². The number of hydrogen-bond acceptors (Lipinski definition) is 3. The van der Waals surface area contributed by atoms with Crippen LogP contribution in [0.4, 0.5) is 5.69 Å². The summed E-state index contributed by atoms with van der Waals surface area (Å²) in [5, 5.41) is 2.95. The van der Waals surface area contributed by atoms with Gasteiger partial charge in [0.05, 0.1) is 7.05 Å². The number of carbonyl (C=O) groups excluding carboxylic acids is 1. The molecule has 1 heterocycles. The van der Waals surface area contributed by atoms with Gasteiger partial charge in [-0.3, -0.25) is 4.79 Å². The molecule has 3 aromatic rings. The smallest absolute Gasteiger partial charge is 0.279 e. The number of carbonyl (C=O) groups is 1. The Bertz CT molecular complexity index is 843. The van der Waals surface area contributed by atoms with Gasteiger partial charge in [-0.15, -0.1) is 0 Å². The number of hydrogen-bond donors (Lipinski definition) is 2. The third kappa shape index (κ3) is 4.01. The zero-order chi connectivity index (χ0) is 17.1.